The molecule has 0 radical (unpaired) electrons. The molecule has 4 nitrogen and oxygen atoms in total. The molecule has 0 bridgehead atoms. The maximum absolute atomic E-state index is 13.3. The summed E-state index contributed by atoms with van der Waals surface area (Å²) < 4.78 is 0. The highest BCUT2D eigenvalue weighted by molar-refractivity contribution is 8.00. The second-order valence-corrected chi connectivity index (χ2v) is 9.65. The predicted molar refractivity (Wildman–Crippen MR) is 128 cm³/mol. The molecule has 1 atom stereocenters. The summed E-state index contributed by atoms with van der Waals surface area (Å²) in [7, 11) is 0. The summed E-state index contributed by atoms with van der Waals surface area (Å²) >= 11 is 7.53. The monoisotopic (exact) mass is 458 g/mol. The van der Waals surface area contributed by atoms with Gasteiger partial charge in [0.05, 0.1) is 5.75 Å². The second kappa shape index (κ2) is 11.6. The summed E-state index contributed by atoms with van der Waals surface area (Å²) in [5, 5.41) is 3.83. The Kier molecular flexibility index (Phi) is 8.85. The van der Waals surface area contributed by atoms with Crippen LogP contribution in [-0.4, -0.2) is 34.6 Å². The third-order valence-corrected chi connectivity index (χ3v) is 6.99. The highest BCUT2D eigenvalue weighted by atomic mass is 35.5. The van der Waals surface area contributed by atoms with Gasteiger partial charge in [0.1, 0.15) is 6.04 Å². The summed E-state index contributed by atoms with van der Waals surface area (Å²) in [6, 6.07) is 15.4. The molecule has 0 heterocycles. The topological polar surface area (TPSA) is 49.4 Å². The van der Waals surface area contributed by atoms with E-state index in [2.05, 4.69) is 5.32 Å². The van der Waals surface area contributed by atoms with E-state index in [9.17, 15) is 9.59 Å². The van der Waals surface area contributed by atoms with Crippen LogP contribution in [0.25, 0.3) is 0 Å². The van der Waals surface area contributed by atoms with Crippen LogP contribution in [0.2, 0.25) is 5.02 Å². The Morgan fingerprint density at radius 3 is 2.35 bits per heavy atom. The zero-order chi connectivity index (χ0) is 22.2. The molecular formula is C25H31ClN2O2S. The van der Waals surface area contributed by atoms with E-state index in [1.54, 1.807) is 4.90 Å². The van der Waals surface area contributed by atoms with Gasteiger partial charge in [-0.25, -0.2) is 0 Å². The number of thioether (sulfide) groups is 1. The van der Waals surface area contributed by atoms with Crippen molar-refractivity contribution in [2.45, 2.75) is 69.5 Å². The fraction of sp³-hybridized carbons (Fsp3) is 0.440. The lowest BCUT2D eigenvalue weighted by Crippen LogP contribution is -2.51. The highest BCUT2D eigenvalue weighted by Crippen LogP contribution is 2.22. The van der Waals surface area contributed by atoms with Crippen LogP contribution < -0.4 is 5.32 Å². The zero-order valence-electron chi connectivity index (χ0n) is 18.3. The number of nitrogens with one attached hydrogen (secondary N) is 1. The number of nitrogens with zero attached hydrogens (tertiary/aromatic N) is 1. The fourth-order valence-corrected chi connectivity index (χ4v) is 4.85. The van der Waals surface area contributed by atoms with Crippen molar-refractivity contribution in [2.75, 3.05) is 5.75 Å². The lowest BCUT2D eigenvalue weighted by atomic mass is 10.1. The predicted octanol–water partition coefficient (Wildman–Crippen LogP) is 5.61. The van der Waals surface area contributed by atoms with Gasteiger partial charge in [0.15, 0.2) is 0 Å². The third-order valence-electron chi connectivity index (χ3n) is 5.74. The Bertz CT molecular complexity index is 864. The van der Waals surface area contributed by atoms with Crippen molar-refractivity contribution in [1.82, 2.24) is 10.2 Å². The van der Waals surface area contributed by atoms with Gasteiger partial charge in [-0.3, -0.25) is 9.59 Å². The first-order valence-corrected chi connectivity index (χ1v) is 12.4. The molecule has 0 saturated heterocycles. The smallest absolute Gasteiger partial charge is 0.243 e. The molecule has 0 spiro atoms. The van der Waals surface area contributed by atoms with Gasteiger partial charge in [0.25, 0.3) is 0 Å². The summed E-state index contributed by atoms with van der Waals surface area (Å²) in [4.78, 5) is 29.2. The molecule has 1 aliphatic carbocycles. The molecule has 2 aromatic carbocycles. The van der Waals surface area contributed by atoms with Crippen LogP contribution in [-0.2, 0) is 16.1 Å². The number of hydrogen-bond donors (Lipinski definition) is 1. The van der Waals surface area contributed by atoms with E-state index in [0.717, 1.165) is 36.1 Å². The van der Waals surface area contributed by atoms with E-state index in [0.29, 0.717) is 23.7 Å². The SMILES string of the molecule is CC[C@H](C(=O)NC1CCCC1)N(Cc1ccc(Cl)cc1)C(=O)CSc1ccc(C)cc1. The Hall–Kier alpha value is -1.98. The number of amides is 2. The van der Waals surface area contributed by atoms with Gasteiger partial charge in [0, 0.05) is 22.5 Å². The van der Waals surface area contributed by atoms with E-state index in [-0.39, 0.29) is 17.9 Å². The quantitative estimate of drug-likeness (QED) is 0.497. The molecule has 2 amide bonds. The highest BCUT2D eigenvalue weighted by Gasteiger charge is 2.30. The number of halogens is 1. The van der Waals surface area contributed by atoms with E-state index >= 15 is 0 Å². The summed E-state index contributed by atoms with van der Waals surface area (Å²) in [5.41, 5.74) is 2.15. The minimum Gasteiger partial charge on any atom is -0.352 e. The molecule has 1 saturated carbocycles. The van der Waals surface area contributed by atoms with Gasteiger partial charge >= 0.3 is 0 Å². The van der Waals surface area contributed by atoms with Crippen LogP contribution in [0.1, 0.15) is 50.2 Å². The van der Waals surface area contributed by atoms with E-state index < -0.39 is 6.04 Å². The molecule has 1 N–H and O–H groups in total. The molecule has 3 rings (SSSR count). The maximum atomic E-state index is 13.3. The number of hydrogen-bond acceptors (Lipinski definition) is 3. The van der Waals surface area contributed by atoms with Crippen molar-refractivity contribution >= 4 is 35.2 Å². The van der Waals surface area contributed by atoms with Crippen molar-refractivity contribution < 1.29 is 9.59 Å². The molecule has 6 heteroatoms. The molecule has 1 aliphatic rings. The number of rotatable bonds is 9. The number of aryl methyl sites for hydroxylation is 1. The van der Waals surface area contributed by atoms with Crippen molar-refractivity contribution in [3.8, 4) is 0 Å². The lowest BCUT2D eigenvalue weighted by molar-refractivity contribution is -0.139. The van der Waals surface area contributed by atoms with Crippen LogP contribution in [0.3, 0.4) is 0 Å². The molecular weight excluding hydrogens is 428 g/mol. The van der Waals surface area contributed by atoms with Crippen LogP contribution in [0.5, 0.6) is 0 Å². The minimum absolute atomic E-state index is 0.0334. The molecule has 1 fully saturated rings. The summed E-state index contributed by atoms with van der Waals surface area (Å²) in [6.07, 6.45) is 4.94. The first-order valence-electron chi connectivity index (χ1n) is 11.0. The Balaban J connectivity index is 1.74. The molecule has 0 aliphatic heterocycles. The zero-order valence-corrected chi connectivity index (χ0v) is 19.8. The van der Waals surface area contributed by atoms with Crippen molar-refractivity contribution in [2.24, 2.45) is 0 Å². The van der Waals surface area contributed by atoms with E-state index in [4.69, 9.17) is 11.6 Å². The van der Waals surface area contributed by atoms with Crippen LogP contribution in [0.4, 0.5) is 0 Å². The Morgan fingerprint density at radius 1 is 1.10 bits per heavy atom. The first-order chi connectivity index (χ1) is 15.0. The third kappa shape index (κ3) is 7.01. The van der Waals surface area contributed by atoms with Gasteiger partial charge < -0.3 is 10.2 Å². The number of carbonyl (C=O) groups is 2. The van der Waals surface area contributed by atoms with Gasteiger partial charge in [0.2, 0.25) is 11.8 Å². The molecule has 0 unspecified atom stereocenters. The minimum atomic E-state index is -0.484. The average molecular weight is 459 g/mol. The van der Waals surface area contributed by atoms with E-state index in [1.165, 1.54) is 17.3 Å². The first kappa shape index (κ1) is 23.7. The molecule has 166 valence electrons. The molecule has 31 heavy (non-hydrogen) atoms. The standard InChI is InChI=1S/C25H31ClN2O2S/c1-3-23(25(30)27-21-6-4-5-7-21)28(16-19-10-12-20(26)13-11-19)24(29)17-31-22-14-8-18(2)9-15-22/h8-15,21,23H,3-7,16-17H2,1-2H3,(H,27,30)/t23-/m1/s1. The Morgan fingerprint density at radius 2 is 1.74 bits per heavy atom. The normalized spacial score (nSPS) is 14.9. The lowest BCUT2D eigenvalue weighted by Gasteiger charge is -2.31. The average Bonchev–Trinajstić information content (AvgIpc) is 3.27. The van der Waals surface area contributed by atoms with Crippen molar-refractivity contribution in [1.29, 1.82) is 0 Å². The van der Waals surface area contributed by atoms with Crippen LogP contribution >= 0.6 is 23.4 Å². The molecule has 2 aromatic rings. The van der Waals surface area contributed by atoms with Crippen LogP contribution in [0, 0.1) is 6.92 Å². The summed E-state index contributed by atoms with van der Waals surface area (Å²) in [6.45, 7) is 4.40. The second-order valence-electron chi connectivity index (χ2n) is 8.16. The van der Waals surface area contributed by atoms with Crippen LogP contribution in [0.15, 0.2) is 53.4 Å². The van der Waals surface area contributed by atoms with Gasteiger partial charge in [-0.05, 0) is 56.0 Å². The van der Waals surface area contributed by atoms with Gasteiger partial charge in [-0.15, -0.1) is 11.8 Å². The van der Waals surface area contributed by atoms with Crippen molar-refractivity contribution in [3.63, 3.8) is 0 Å². The maximum Gasteiger partial charge on any atom is 0.243 e. The molecule has 0 aromatic heterocycles. The van der Waals surface area contributed by atoms with E-state index in [1.807, 2.05) is 62.4 Å². The Labute approximate surface area is 194 Å². The number of benzene rings is 2. The number of carbonyl (C=O) groups excluding carboxylic acids is 2. The van der Waals surface area contributed by atoms with Gasteiger partial charge in [-0.2, -0.15) is 0 Å². The summed E-state index contributed by atoms with van der Waals surface area (Å²) in [5.74, 6) is 0.218. The fourth-order valence-electron chi connectivity index (χ4n) is 3.94. The van der Waals surface area contributed by atoms with Gasteiger partial charge in [-0.1, -0.05) is 61.2 Å². The largest absolute Gasteiger partial charge is 0.352 e. The van der Waals surface area contributed by atoms with Crippen molar-refractivity contribution in [3.05, 3.63) is 64.7 Å².